The molecule has 0 aliphatic carbocycles. The lowest BCUT2D eigenvalue weighted by atomic mass is 9.82. The summed E-state index contributed by atoms with van der Waals surface area (Å²) in [6.45, 7) is 6.81. The van der Waals surface area contributed by atoms with Crippen LogP contribution in [0.2, 0.25) is 0 Å². The molecule has 1 aliphatic rings. The van der Waals surface area contributed by atoms with Gasteiger partial charge in [0, 0.05) is 35.4 Å². The maximum Gasteiger partial charge on any atom is 0.246 e. The van der Waals surface area contributed by atoms with Crippen molar-refractivity contribution in [3.8, 4) is 33.4 Å². The summed E-state index contributed by atoms with van der Waals surface area (Å²) >= 11 is 0. The minimum Gasteiger partial charge on any atom is -0.372 e. The fourth-order valence-corrected chi connectivity index (χ4v) is 9.04. The van der Waals surface area contributed by atoms with Crippen LogP contribution in [-0.4, -0.2) is 36.7 Å². The van der Waals surface area contributed by atoms with Crippen molar-refractivity contribution in [3.05, 3.63) is 166 Å². The summed E-state index contributed by atoms with van der Waals surface area (Å²) in [5, 5.41) is 6.17. The van der Waals surface area contributed by atoms with Gasteiger partial charge in [0.05, 0.1) is 13.1 Å². The van der Waals surface area contributed by atoms with Gasteiger partial charge in [-0.2, -0.15) is 0 Å². The van der Waals surface area contributed by atoms with E-state index in [1.54, 1.807) is 0 Å². The molecule has 0 spiro atoms. The number of carbonyl (C=O) groups is 1. The van der Waals surface area contributed by atoms with Gasteiger partial charge in [0.1, 0.15) is 19.7 Å². The molecule has 318 valence electrons. The van der Waals surface area contributed by atoms with Crippen LogP contribution in [0.3, 0.4) is 0 Å². The molecule has 1 aliphatic heterocycles. The highest BCUT2D eigenvalue weighted by molar-refractivity contribution is 6.12. The van der Waals surface area contributed by atoms with Crippen LogP contribution in [0.25, 0.3) is 54.9 Å². The van der Waals surface area contributed by atoms with Crippen LogP contribution in [0.1, 0.15) is 54.9 Å². The number of benzene rings is 7. The Balaban J connectivity index is 1.25. The second-order valence-electron chi connectivity index (χ2n) is 16.5. The summed E-state index contributed by atoms with van der Waals surface area (Å²) < 4.78 is 96.0. The number of nitrogens with one attached hydrogen (secondary N) is 1. The first-order valence-corrected chi connectivity index (χ1v) is 21.1. The number of unbranched alkanes of at least 4 members (excludes halogenated alkanes) is 2. The normalized spacial score (nSPS) is 13.2. The Labute approximate surface area is 357 Å². The van der Waals surface area contributed by atoms with Crippen molar-refractivity contribution >= 4 is 27.5 Å². The summed E-state index contributed by atoms with van der Waals surface area (Å²) in [5.41, 5.74) is 6.75. The maximum absolute atomic E-state index is 15.2. The van der Waals surface area contributed by atoms with Gasteiger partial charge in [-0.15, -0.1) is 0 Å². The van der Waals surface area contributed by atoms with Crippen LogP contribution < -0.4 is 5.32 Å². The van der Waals surface area contributed by atoms with E-state index in [2.05, 4.69) is 12.2 Å². The van der Waals surface area contributed by atoms with Crippen LogP contribution in [0.15, 0.2) is 109 Å². The van der Waals surface area contributed by atoms with Crippen molar-refractivity contribution in [2.45, 2.75) is 59.2 Å². The average Bonchev–Trinajstić information content (AvgIpc) is 3.42. The summed E-state index contributed by atoms with van der Waals surface area (Å²) in [6.07, 6.45) is 2.96. The molecule has 0 unspecified atom stereocenters. The Morgan fingerprint density at radius 3 is 1.61 bits per heavy atom. The highest BCUT2D eigenvalue weighted by Crippen LogP contribution is 2.50. The first-order chi connectivity index (χ1) is 29.9. The number of quaternary nitrogens is 1. The number of hydrogen-bond acceptors (Lipinski definition) is 2. The molecule has 0 saturated carbocycles. The lowest BCUT2D eigenvalue weighted by Crippen LogP contribution is -2.47. The zero-order valence-corrected chi connectivity index (χ0v) is 34.7. The average molecular weight is 846 g/mol. The molecule has 8 rings (SSSR count). The molecule has 0 saturated heterocycles. The minimum atomic E-state index is -1.56. The fourth-order valence-electron chi connectivity index (χ4n) is 9.04. The van der Waals surface area contributed by atoms with Gasteiger partial charge in [-0.1, -0.05) is 91.7 Å². The standard InChI is InChI=1S/C52H46F6N2O2/c1-3-4-19-60(20-9-10-21-62-31-48(61)59-28-33-17-15-32(2)16-18-33)29-42-40(36-24-44(53)51(57)45(54)25-36)22-34-11-5-7-13-38(34)49(42)50-39-14-8-6-12-35(39)23-41(43(50)30-60)37-26-46(55)52(58)47(56)27-37/h5-8,11-18,22-27H,3-4,9-10,19-21,28-31H2,1-2H3/p+1. The number of halogens is 6. The van der Waals surface area contributed by atoms with E-state index in [1.165, 1.54) is 0 Å². The number of aryl methyl sites for hydroxylation is 1. The van der Waals surface area contributed by atoms with Crippen molar-refractivity contribution < 1.29 is 40.4 Å². The van der Waals surface area contributed by atoms with E-state index >= 15 is 17.6 Å². The second kappa shape index (κ2) is 18.2. The van der Waals surface area contributed by atoms with E-state index in [0.29, 0.717) is 67.8 Å². The monoisotopic (exact) mass is 845 g/mol. The number of ether oxygens (including phenoxy) is 1. The minimum absolute atomic E-state index is 0.0924. The molecule has 0 bridgehead atoms. The van der Waals surface area contributed by atoms with Crippen LogP contribution in [0.5, 0.6) is 0 Å². The number of amides is 1. The lowest BCUT2D eigenvalue weighted by molar-refractivity contribution is -0.953. The van der Waals surface area contributed by atoms with Gasteiger partial charge < -0.3 is 14.5 Å². The lowest BCUT2D eigenvalue weighted by Gasteiger charge is -2.39. The molecule has 1 heterocycles. The summed E-state index contributed by atoms with van der Waals surface area (Å²) in [5.74, 6) is -8.56. The zero-order valence-electron chi connectivity index (χ0n) is 34.7. The summed E-state index contributed by atoms with van der Waals surface area (Å²) in [6, 6.07) is 31.2. The van der Waals surface area contributed by atoms with Crippen molar-refractivity contribution in [1.29, 1.82) is 0 Å². The Bertz CT molecular complexity index is 2610. The SMILES string of the molecule is CCCC[N+]1(CCCCOCC(=O)NCc2ccc(C)cc2)Cc2c(-c3cc(F)c(F)c(F)c3)cc3ccccc3c2-c2c(c(-c3cc(F)c(F)c(F)c3)cc3ccccc23)C1. The van der Waals surface area contributed by atoms with E-state index < -0.39 is 34.9 Å². The van der Waals surface area contributed by atoms with Crippen LogP contribution >= 0.6 is 0 Å². The quantitative estimate of drug-likeness (QED) is 0.0512. The largest absolute Gasteiger partial charge is 0.372 e. The molecule has 1 amide bonds. The number of hydrogen-bond donors (Lipinski definition) is 1. The molecule has 0 atom stereocenters. The molecule has 7 aromatic carbocycles. The Hall–Kier alpha value is -5.97. The van der Waals surface area contributed by atoms with E-state index in [4.69, 9.17) is 4.74 Å². The zero-order chi connectivity index (χ0) is 43.5. The van der Waals surface area contributed by atoms with Crippen LogP contribution in [0.4, 0.5) is 26.3 Å². The Morgan fingerprint density at radius 1 is 0.629 bits per heavy atom. The molecular formula is C52H47F6N2O2+. The first kappa shape index (κ1) is 42.7. The van der Waals surface area contributed by atoms with E-state index in [1.807, 2.05) is 91.9 Å². The van der Waals surface area contributed by atoms with Gasteiger partial charge in [0.2, 0.25) is 5.91 Å². The van der Waals surface area contributed by atoms with E-state index in [0.717, 1.165) is 92.0 Å². The highest BCUT2D eigenvalue weighted by Gasteiger charge is 2.38. The van der Waals surface area contributed by atoms with Crippen LogP contribution in [-0.2, 0) is 29.2 Å². The molecule has 7 aromatic rings. The smallest absolute Gasteiger partial charge is 0.246 e. The third-order valence-corrected chi connectivity index (χ3v) is 12.1. The number of nitrogens with zero attached hydrogens (tertiary/aromatic N) is 1. The van der Waals surface area contributed by atoms with Gasteiger partial charge in [0.25, 0.3) is 0 Å². The summed E-state index contributed by atoms with van der Waals surface area (Å²) in [4.78, 5) is 12.6. The van der Waals surface area contributed by atoms with Gasteiger partial charge >= 0.3 is 0 Å². The molecule has 10 heteroatoms. The van der Waals surface area contributed by atoms with E-state index in [-0.39, 0.29) is 23.6 Å². The first-order valence-electron chi connectivity index (χ1n) is 21.1. The van der Waals surface area contributed by atoms with Gasteiger partial charge in [-0.25, -0.2) is 26.3 Å². The second-order valence-corrected chi connectivity index (χ2v) is 16.5. The molecular weight excluding hydrogens is 799 g/mol. The molecule has 62 heavy (non-hydrogen) atoms. The molecule has 0 aromatic heterocycles. The van der Waals surface area contributed by atoms with Crippen molar-refractivity contribution in [1.82, 2.24) is 5.32 Å². The summed E-state index contributed by atoms with van der Waals surface area (Å²) in [7, 11) is 0. The van der Waals surface area contributed by atoms with Crippen molar-refractivity contribution in [2.24, 2.45) is 0 Å². The number of fused-ring (bicyclic) bond motifs is 7. The van der Waals surface area contributed by atoms with Crippen molar-refractivity contribution in [3.63, 3.8) is 0 Å². The molecule has 0 fully saturated rings. The van der Waals surface area contributed by atoms with Crippen molar-refractivity contribution in [2.75, 3.05) is 26.3 Å². The maximum atomic E-state index is 15.2. The molecule has 4 nitrogen and oxygen atoms in total. The molecule has 1 N–H and O–H groups in total. The van der Waals surface area contributed by atoms with Gasteiger partial charge in [-0.05, 0) is 112 Å². The highest BCUT2D eigenvalue weighted by atomic mass is 19.2. The molecule has 0 radical (unpaired) electrons. The predicted molar refractivity (Wildman–Crippen MR) is 233 cm³/mol. The fraction of sp³-hybridized carbons (Fsp3) is 0.250. The number of carbonyl (C=O) groups excluding carboxylic acids is 1. The van der Waals surface area contributed by atoms with Gasteiger partial charge in [-0.3, -0.25) is 4.79 Å². The third-order valence-electron chi connectivity index (χ3n) is 12.1. The Morgan fingerprint density at radius 2 is 1.11 bits per heavy atom. The predicted octanol–water partition coefficient (Wildman–Crippen LogP) is 12.9. The number of rotatable bonds is 14. The van der Waals surface area contributed by atoms with E-state index in [9.17, 15) is 13.6 Å². The topological polar surface area (TPSA) is 38.3 Å². The Kier molecular flexibility index (Phi) is 12.5. The van der Waals surface area contributed by atoms with Gasteiger partial charge in [0.15, 0.2) is 34.9 Å². The van der Waals surface area contributed by atoms with Crippen LogP contribution in [0, 0.1) is 41.8 Å². The third kappa shape index (κ3) is 8.72.